The molecule has 0 atom stereocenters. The third-order valence-corrected chi connectivity index (χ3v) is 0. The van der Waals surface area contributed by atoms with E-state index in [1.807, 2.05) is 13.8 Å². The number of carbonyl (C=O) groups is 2. The van der Waals surface area contributed by atoms with E-state index in [2.05, 4.69) is 0 Å². The smallest absolute Gasteiger partial charge is 0.481 e. The van der Waals surface area contributed by atoms with Gasteiger partial charge in [-0.1, -0.05) is 13.8 Å². The topological polar surface area (TPSA) is 94.8 Å². The Morgan fingerprint density at radius 3 is 1.00 bits per heavy atom. The fourth-order valence-electron chi connectivity index (χ4n) is 0. The van der Waals surface area contributed by atoms with Crippen molar-refractivity contribution in [2.24, 2.45) is 0 Å². The van der Waals surface area contributed by atoms with Gasteiger partial charge >= 0.3 is 6.16 Å². The Labute approximate surface area is 58.9 Å². The van der Waals surface area contributed by atoms with Gasteiger partial charge in [0.25, 0.3) is 5.97 Å². The molecule has 0 aliphatic rings. The van der Waals surface area contributed by atoms with Crippen molar-refractivity contribution in [3.05, 3.63) is 0 Å². The van der Waals surface area contributed by atoms with Gasteiger partial charge in [-0.05, 0) is 0 Å². The quantitative estimate of drug-likeness (QED) is 0.486. The van der Waals surface area contributed by atoms with Crippen LogP contribution in [0.15, 0.2) is 0 Å². The van der Waals surface area contributed by atoms with Crippen molar-refractivity contribution in [1.82, 2.24) is 0 Å². The predicted octanol–water partition coefficient (Wildman–Crippen LogP) is 1.34. The molecule has 0 unspecified atom stereocenters. The molecule has 0 amide bonds. The molecular formula is C5H12O5. The van der Waals surface area contributed by atoms with Crippen molar-refractivity contribution < 1.29 is 24.9 Å². The normalized spacial score (nSPS) is 5.50. The van der Waals surface area contributed by atoms with Crippen LogP contribution in [0.1, 0.15) is 20.8 Å². The van der Waals surface area contributed by atoms with Gasteiger partial charge in [-0.25, -0.2) is 4.79 Å². The highest BCUT2D eigenvalue weighted by Gasteiger charge is 1.70. The molecule has 0 rings (SSSR count). The summed E-state index contributed by atoms with van der Waals surface area (Å²) in [7, 11) is 0. The summed E-state index contributed by atoms with van der Waals surface area (Å²) in [4.78, 5) is 17.6. The molecule has 5 heteroatoms. The number of hydrogen-bond donors (Lipinski definition) is 3. The van der Waals surface area contributed by atoms with Gasteiger partial charge in [-0.3, -0.25) is 4.79 Å². The molecule has 0 aliphatic carbocycles. The highest BCUT2D eigenvalue weighted by atomic mass is 16.6. The maximum atomic E-state index is 9.00. The second kappa shape index (κ2) is 15.6. The Bertz CT molecular complexity index is 68.0. The van der Waals surface area contributed by atoms with Crippen LogP contribution in [0.2, 0.25) is 0 Å². The Kier molecular flexibility index (Phi) is 24.9. The standard InChI is InChI=1S/C2H4O2.C2H6.CH2O3/c1-2(3)4;1-2;2-1(3)4/h1H3,(H,3,4);1-2H3;(H2,2,3,4). The van der Waals surface area contributed by atoms with E-state index in [-0.39, 0.29) is 0 Å². The average molecular weight is 152 g/mol. The monoisotopic (exact) mass is 152 g/mol. The van der Waals surface area contributed by atoms with Crippen molar-refractivity contribution in [2.45, 2.75) is 20.8 Å². The summed E-state index contributed by atoms with van der Waals surface area (Å²) in [6.45, 7) is 5.08. The zero-order valence-electron chi connectivity index (χ0n) is 6.16. The lowest BCUT2D eigenvalue weighted by molar-refractivity contribution is -0.134. The highest BCUT2D eigenvalue weighted by Crippen LogP contribution is 1.43. The minimum absolute atomic E-state index is 0.833. The lowest BCUT2D eigenvalue weighted by Gasteiger charge is -1.60. The molecule has 0 bridgehead atoms. The Morgan fingerprint density at radius 1 is 1.00 bits per heavy atom. The van der Waals surface area contributed by atoms with E-state index >= 15 is 0 Å². The molecule has 0 fully saturated rings. The van der Waals surface area contributed by atoms with Crippen LogP contribution in [-0.4, -0.2) is 27.4 Å². The zero-order chi connectivity index (χ0) is 9.15. The van der Waals surface area contributed by atoms with Crippen LogP contribution >= 0.6 is 0 Å². The first kappa shape index (κ1) is 15.9. The molecule has 0 aliphatic heterocycles. The first-order valence-corrected chi connectivity index (χ1v) is 2.58. The summed E-state index contributed by atoms with van der Waals surface area (Å²) in [5.74, 6) is -0.833. The van der Waals surface area contributed by atoms with Crippen LogP contribution in [0.25, 0.3) is 0 Å². The maximum Gasteiger partial charge on any atom is 0.503 e. The molecule has 0 spiro atoms. The predicted molar refractivity (Wildman–Crippen MR) is 35.3 cm³/mol. The minimum atomic E-state index is -1.83. The molecule has 0 heterocycles. The zero-order valence-corrected chi connectivity index (χ0v) is 6.16. The molecule has 0 aromatic carbocycles. The Hall–Kier alpha value is -1.26. The van der Waals surface area contributed by atoms with Crippen molar-refractivity contribution in [1.29, 1.82) is 0 Å². The van der Waals surface area contributed by atoms with Gasteiger partial charge in [0, 0.05) is 6.92 Å². The summed E-state index contributed by atoms with van der Waals surface area (Å²) >= 11 is 0. The van der Waals surface area contributed by atoms with Crippen LogP contribution in [-0.2, 0) is 4.79 Å². The number of carboxylic acids is 1. The fraction of sp³-hybridized carbons (Fsp3) is 0.600. The van der Waals surface area contributed by atoms with Crippen LogP contribution in [0.4, 0.5) is 4.79 Å². The molecule has 0 aromatic heterocycles. The van der Waals surface area contributed by atoms with Crippen LogP contribution in [0.5, 0.6) is 0 Å². The van der Waals surface area contributed by atoms with Gasteiger partial charge in [0.15, 0.2) is 0 Å². The van der Waals surface area contributed by atoms with Crippen LogP contribution in [0.3, 0.4) is 0 Å². The average Bonchev–Trinajstić information content (AvgIpc) is 1.66. The molecule has 10 heavy (non-hydrogen) atoms. The summed E-state index contributed by atoms with van der Waals surface area (Å²) in [6, 6.07) is 0. The second-order valence-electron chi connectivity index (χ2n) is 0.802. The third-order valence-electron chi connectivity index (χ3n) is 0. The number of hydrogen-bond acceptors (Lipinski definition) is 2. The van der Waals surface area contributed by atoms with Gasteiger partial charge in [-0.2, -0.15) is 0 Å². The van der Waals surface area contributed by atoms with Gasteiger partial charge < -0.3 is 15.3 Å². The summed E-state index contributed by atoms with van der Waals surface area (Å²) in [5.41, 5.74) is 0. The lowest BCUT2D eigenvalue weighted by Crippen LogP contribution is -1.81. The van der Waals surface area contributed by atoms with E-state index in [1.54, 1.807) is 0 Å². The minimum Gasteiger partial charge on any atom is -0.481 e. The SMILES string of the molecule is CC.CC(=O)O.O=C(O)O. The first-order valence-electron chi connectivity index (χ1n) is 2.58. The van der Waals surface area contributed by atoms with E-state index in [9.17, 15) is 0 Å². The van der Waals surface area contributed by atoms with Gasteiger partial charge in [-0.15, -0.1) is 0 Å². The number of aliphatic carboxylic acids is 1. The van der Waals surface area contributed by atoms with Crippen molar-refractivity contribution in [3.8, 4) is 0 Å². The molecule has 0 aromatic rings. The van der Waals surface area contributed by atoms with Crippen molar-refractivity contribution in [2.75, 3.05) is 0 Å². The van der Waals surface area contributed by atoms with E-state index in [4.69, 9.17) is 24.9 Å². The molecule has 0 saturated carbocycles. The van der Waals surface area contributed by atoms with Crippen LogP contribution in [0, 0.1) is 0 Å². The number of carboxylic acid groups (broad SMARTS) is 3. The summed E-state index contributed by atoms with van der Waals surface area (Å²) in [5, 5.41) is 21.4. The Balaban J connectivity index is -0.0000000787. The second-order valence-corrected chi connectivity index (χ2v) is 0.802. The Morgan fingerprint density at radius 2 is 1.00 bits per heavy atom. The molecule has 5 nitrogen and oxygen atoms in total. The molecule has 0 radical (unpaired) electrons. The fourth-order valence-corrected chi connectivity index (χ4v) is 0. The van der Waals surface area contributed by atoms with Crippen molar-refractivity contribution in [3.63, 3.8) is 0 Å². The van der Waals surface area contributed by atoms with E-state index in [1.165, 1.54) is 0 Å². The van der Waals surface area contributed by atoms with E-state index in [0.29, 0.717) is 0 Å². The lowest BCUT2D eigenvalue weighted by atomic mass is 10.9. The molecule has 62 valence electrons. The van der Waals surface area contributed by atoms with Crippen molar-refractivity contribution >= 4 is 12.1 Å². The molecule has 3 N–H and O–H groups in total. The summed E-state index contributed by atoms with van der Waals surface area (Å²) < 4.78 is 0. The van der Waals surface area contributed by atoms with Gasteiger partial charge in [0.05, 0.1) is 0 Å². The maximum absolute atomic E-state index is 9.00. The van der Waals surface area contributed by atoms with E-state index < -0.39 is 12.1 Å². The highest BCUT2D eigenvalue weighted by molar-refractivity contribution is 5.62. The van der Waals surface area contributed by atoms with Gasteiger partial charge in [0.2, 0.25) is 0 Å². The number of rotatable bonds is 0. The summed E-state index contributed by atoms with van der Waals surface area (Å²) in [6.07, 6.45) is -1.83. The molecular weight excluding hydrogens is 140 g/mol. The third kappa shape index (κ3) is 140. The van der Waals surface area contributed by atoms with Crippen LogP contribution < -0.4 is 0 Å². The molecule has 0 saturated heterocycles. The van der Waals surface area contributed by atoms with E-state index in [0.717, 1.165) is 6.92 Å². The first-order chi connectivity index (χ1) is 4.46. The largest absolute Gasteiger partial charge is 0.503 e. The van der Waals surface area contributed by atoms with Gasteiger partial charge in [0.1, 0.15) is 0 Å².